The second kappa shape index (κ2) is 6.04. The Morgan fingerprint density at radius 2 is 2.11 bits per heavy atom. The largest absolute Gasteiger partial charge is 0.375 e. The van der Waals surface area contributed by atoms with Crippen LogP contribution >= 0.6 is 0 Å². The zero-order valence-electron chi connectivity index (χ0n) is 15.8. The van der Waals surface area contributed by atoms with E-state index in [4.69, 9.17) is 9.84 Å². The fourth-order valence-corrected chi connectivity index (χ4v) is 4.13. The molecular formula is C21H22N6O. The second-order valence-corrected chi connectivity index (χ2v) is 7.88. The quantitative estimate of drug-likeness (QED) is 0.595. The lowest BCUT2D eigenvalue weighted by atomic mass is 10.1. The topological polar surface area (TPSA) is 71.3 Å². The highest BCUT2D eigenvalue weighted by molar-refractivity contribution is 5.87. The maximum atomic E-state index is 5.67. The minimum Gasteiger partial charge on any atom is -0.375 e. The van der Waals surface area contributed by atoms with Crippen LogP contribution in [0.25, 0.3) is 27.8 Å². The number of ether oxygens (including phenoxy) is 1. The summed E-state index contributed by atoms with van der Waals surface area (Å²) < 4.78 is 7.62. The van der Waals surface area contributed by atoms with Crippen LogP contribution in [0.2, 0.25) is 0 Å². The molecule has 0 radical (unpaired) electrons. The smallest absolute Gasteiger partial charge is 0.154 e. The third kappa shape index (κ3) is 2.57. The van der Waals surface area contributed by atoms with Crippen LogP contribution in [0.4, 0.5) is 5.82 Å². The molecule has 3 aromatic heterocycles. The highest BCUT2D eigenvalue weighted by Crippen LogP contribution is 2.42. The summed E-state index contributed by atoms with van der Waals surface area (Å²) in [4.78, 5) is 6.85. The van der Waals surface area contributed by atoms with Crippen molar-refractivity contribution in [1.29, 1.82) is 0 Å². The van der Waals surface area contributed by atoms with Gasteiger partial charge < -0.3 is 9.64 Å². The zero-order valence-corrected chi connectivity index (χ0v) is 15.8. The minimum absolute atomic E-state index is 0.220. The standard InChI is InChI=1S/C21H22N6O/c1-13-12-26(8-9-28-13)20-7-6-19-22-11-18(27(19)25-20)15-4-5-17-16(10-15)21(24-23-17)14-2-3-14/h4-7,10-11,13-14H,2-3,8-9,12H2,1H3,(H,23,24)/t13-/m0/s1. The molecular weight excluding hydrogens is 352 g/mol. The Balaban J connectivity index is 1.44. The monoisotopic (exact) mass is 374 g/mol. The average Bonchev–Trinajstić information content (AvgIpc) is 3.33. The van der Waals surface area contributed by atoms with Gasteiger partial charge in [0, 0.05) is 35.7 Å². The van der Waals surface area contributed by atoms with Gasteiger partial charge in [0.2, 0.25) is 0 Å². The van der Waals surface area contributed by atoms with Gasteiger partial charge in [-0.3, -0.25) is 5.10 Å². The molecule has 1 atom stereocenters. The van der Waals surface area contributed by atoms with Gasteiger partial charge in [-0.2, -0.15) is 5.10 Å². The van der Waals surface area contributed by atoms with Crippen LogP contribution < -0.4 is 4.90 Å². The first-order valence-corrected chi connectivity index (χ1v) is 9.96. The summed E-state index contributed by atoms with van der Waals surface area (Å²) in [5.74, 6) is 1.60. The van der Waals surface area contributed by atoms with E-state index >= 15 is 0 Å². The van der Waals surface area contributed by atoms with Gasteiger partial charge >= 0.3 is 0 Å². The molecule has 142 valence electrons. The Morgan fingerprint density at radius 3 is 2.96 bits per heavy atom. The molecule has 1 aromatic carbocycles. The van der Waals surface area contributed by atoms with E-state index in [1.165, 1.54) is 23.9 Å². The molecule has 2 fully saturated rings. The summed E-state index contributed by atoms with van der Waals surface area (Å²) in [6, 6.07) is 10.5. The molecule has 28 heavy (non-hydrogen) atoms. The lowest BCUT2D eigenvalue weighted by Crippen LogP contribution is -2.41. The minimum atomic E-state index is 0.220. The number of nitrogens with one attached hydrogen (secondary N) is 1. The number of imidazole rings is 1. The molecule has 4 aromatic rings. The molecule has 0 bridgehead atoms. The Kier molecular flexibility index (Phi) is 3.46. The van der Waals surface area contributed by atoms with Crippen molar-refractivity contribution in [3.8, 4) is 11.3 Å². The number of morpholine rings is 1. The number of nitrogens with zero attached hydrogens (tertiary/aromatic N) is 5. The number of anilines is 1. The molecule has 2 aliphatic rings. The van der Waals surface area contributed by atoms with Gasteiger partial charge in [-0.05, 0) is 44.0 Å². The fraction of sp³-hybridized carbons (Fsp3) is 0.381. The van der Waals surface area contributed by atoms with Crippen molar-refractivity contribution in [3.63, 3.8) is 0 Å². The van der Waals surface area contributed by atoms with Crippen LogP contribution in [0.3, 0.4) is 0 Å². The van der Waals surface area contributed by atoms with Crippen LogP contribution in [0, 0.1) is 0 Å². The van der Waals surface area contributed by atoms with Crippen molar-refractivity contribution in [3.05, 3.63) is 42.2 Å². The van der Waals surface area contributed by atoms with Gasteiger partial charge in [0.05, 0.1) is 30.1 Å². The van der Waals surface area contributed by atoms with Gasteiger partial charge in [0.1, 0.15) is 5.82 Å². The molecule has 6 rings (SSSR count). The van der Waals surface area contributed by atoms with E-state index in [1.807, 2.05) is 16.8 Å². The number of fused-ring (bicyclic) bond motifs is 2. The van der Waals surface area contributed by atoms with Crippen LogP contribution in [0.5, 0.6) is 0 Å². The SMILES string of the molecule is C[C@H]1CN(c2ccc3ncc(-c4ccc5n[nH]c(C6CC6)c5c4)n3n2)CCO1. The molecule has 1 aliphatic carbocycles. The van der Waals surface area contributed by atoms with Crippen molar-refractivity contribution in [2.24, 2.45) is 0 Å². The fourth-order valence-electron chi connectivity index (χ4n) is 4.13. The molecule has 1 saturated heterocycles. The Bertz CT molecular complexity index is 1170. The maximum Gasteiger partial charge on any atom is 0.154 e. The van der Waals surface area contributed by atoms with Crippen LogP contribution in [0.1, 0.15) is 31.4 Å². The van der Waals surface area contributed by atoms with Gasteiger partial charge in [0.25, 0.3) is 0 Å². The highest BCUT2D eigenvalue weighted by Gasteiger charge is 2.27. The number of hydrogen-bond donors (Lipinski definition) is 1. The Labute approximate surface area is 162 Å². The predicted octanol–water partition coefficient (Wildman–Crippen LogP) is 3.38. The molecule has 0 spiro atoms. The number of hydrogen-bond acceptors (Lipinski definition) is 5. The number of aromatic amines is 1. The number of rotatable bonds is 3. The van der Waals surface area contributed by atoms with Crippen molar-refractivity contribution in [1.82, 2.24) is 24.8 Å². The predicted molar refractivity (Wildman–Crippen MR) is 108 cm³/mol. The summed E-state index contributed by atoms with van der Waals surface area (Å²) in [6.07, 6.45) is 4.63. The summed E-state index contributed by atoms with van der Waals surface area (Å²) in [7, 11) is 0. The molecule has 1 aliphatic heterocycles. The van der Waals surface area contributed by atoms with Gasteiger partial charge in [0.15, 0.2) is 5.65 Å². The van der Waals surface area contributed by atoms with E-state index in [2.05, 4.69) is 51.3 Å². The van der Waals surface area contributed by atoms with E-state index in [1.54, 1.807) is 0 Å². The van der Waals surface area contributed by atoms with Gasteiger partial charge in [-0.1, -0.05) is 6.07 Å². The van der Waals surface area contributed by atoms with Crippen LogP contribution in [-0.4, -0.2) is 50.6 Å². The van der Waals surface area contributed by atoms with Gasteiger partial charge in [-0.25, -0.2) is 9.50 Å². The molecule has 7 nitrogen and oxygen atoms in total. The number of aromatic nitrogens is 5. The van der Waals surface area contributed by atoms with E-state index < -0.39 is 0 Å². The molecule has 7 heteroatoms. The molecule has 4 heterocycles. The first kappa shape index (κ1) is 16.1. The first-order chi connectivity index (χ1) is 13.8. The Hall–Kier alpha value is -2.93. The van der Waals surface area contributed by atoms with Crippen molar-refractivity contribution >= 4 is 22.4 Å². The number of benzene rings is 1. The lowest BCUT2D eigenvalue weighted by Gasteiger charge is -2.31. The Morgan fingerprint density at radius 1 is 1.18 bits per heavy atom. The molecule has 0 unspecified atom stereocenters. The molecule has 0 amide bonds. The van der Waals surface area contributed by atoms with Crippen molar-refractivity contribution in [2.75, 3.05) is 24.6 Å². The van der Waals surface area contributed by atoms with E-state index in [0.717, 1.165) is 47.9 Å². The average molecular weight is 374 g/mol. The zero-order chi connectivity index (χ0) is 18.7. The van der Waals surface area contributed by atoms with E-state index in [-0.39, 0.29) is 6.10 Å². The van der Waals surface area contributed by atoms with Crippen LogP contribution in [-0.2, 0) is 4.74 Å². The maximum absolute atomic E-state index is 5.67. The third-order valence-corrected chi connectivity index (χ3v) is 5.78. The van der Waals surface area contributed by atoms with Crippen molar-refractivity contribution in [2.45, 2.75) is 31.8 Å². The first-order valence-electron chi connectivity index (χ1n) is 9.96. The van der Waals surface area contributed by atoms with E-state index in [0.29, 0.717) is 5.92 Å². The molecule has 1 saturated carbocycles. The third-order valence-electron chi connectivity index (χ3n) is 5.78. The lowest BCUT2D eigenvalue weighted by molar-refractivity contribution is 0.0529. The molecule has 1 N–H and O–H groups in total. The summed E-state index contributed by atoms with van der Waals surface area (Å²) in [5.41, 5.74) is 5.26. The normalized spacial score (nSPS) is 20.3. The van der Waals surface area contributed by atoms with E-state index in [9.17, 15) is 0 Å². The second-order valence-electron chi connectivity index (χ2n) is 7.88. The van der Waals surface area contributed by atoms with Gasteiger partial charge in [-0.15, -0.1) is 5.10 Å². The summed E-state index contributed by atoms with van der Waals surface area (Å²) in [6.45, 7) is 4.55. The highest BCUT2D eigenvalue weighted by atomic mass is 16.5. The van der Waals surface area contributed by atoms with Crippen LogP contribution in [0.15, 0.2) is 36.5 Å². The van der Waals surface area contributed by atoms with Crippen molar-refractivity contribution < 1.29 is 4.74 Å². The summed E-state index contributed by atoms with van der Waals surface area (Å²) >= 11 is 0. The number of H-pyrrole nitrogens is 1. The summed E-state index contributed by atoms with van der Waals surface area (Å²) in [5, 5.41) is 13.8.